The number of aliphatic carboxylic acids is 2. The Morgan fingerprint density at radius 1 is 0.473 bits per heavy atom. The maximum Gasteiger partial charge on any atom is 0.376 e. The molecule has 424 valence electrons. The summed E-state index contributed by atoms with van der Waals surface area (Å²) in [5, 5.41) is 64.9. The van der Waals surface area contributed by atoms with Crippen LogP contribution >= 0.6 is 0 Å². The van der Waals surface area contributed by atoms with Crippen LogP contribution in [-0.4, -0.2) is 252 Å². The Morgan fingerprint density at radius 2 is 0.838 bits per heavy atom. The molecule has 0 saturated carbocycles. The molecule has 10 N–H and O–H groups in total. The highest BCUT2D eigenvalue weighted by molar-refractivity contribution is 6.46. The van der Waals surface area contributed by atoms with E-state index in [1.807, 2.05) is 11.6 Å². The van der Waals surface area contributed by atoms with Gasteiger partial charge in [0, 0.05) is 52.2 Å². The van der Waals surface area contributed by atoms with Gasteiger partial charge in [0.2, 0.25) is 11.8 Å². The number of carboxylic acid groups (broad SMARTS) is 2. The molecule has 8 saturated heterocycles. The normalized spacial score (nSPS) is 26.4. The number of hydrogen-bond acceptors (Lipinski definition) is 17. The Labute approximate surface area is 445 Å². The zero-order chi connectivity index (χ0) is 54.6. The minimum atomic E-state index is -0.713. The number of hydrogen-bond donors (Lipinski definition) is 10. The monoisotopic (exact) mass is 1050 g/mol. The average molecular weight is 1050 g/mol. The van der Waals surface area contributed by atoms with Crippen LogP contribution in [0.3, 0.4) is 0 Å². The first-order chi connectivity index (χ1) is 35.6. The first-order valence-electron chi connectivity index (χ1n) is 28.4. The number of likely N-dealkylation sites (N-methyl/N-ethyl adjacent to an activating group) is 2. The summed E-state index contributed by atoms with van der Waals surface area (Å²) < 4.78 is 0. The second-order valence-electron chi connectivity index (χ2n) is 21.1. The van der Waals surface area contributed by atoms with Gasteiger partial charge in [-0.15, -0.1) is 0 Å². The van der Waals surface area contributed by atoms with Crippen molar-refractivity contribution in [2.75, 3.05) is 99.7 Å². The van der Waals surface area contributed by atoms with Crippen molar-refractivity contribution >= 4 is 50.7 Å². The molecule has 0 spiro atoms. The first kappa shape index (κ1) is 65.5. The third-order valence-electron chi connectivity index (χ3n) is 16.3. The molecule has 2 amide bonds. The summed E-state index contributed by atoms with van der Waals surface area (Å²) in [6.07, 6.45) is 20.3. The second-order valence-corrected chi connectivity index (χ2v) is 21.1. The number of likely N-dealkylation sites (tertiary alicyclic amines) is 3. The molecule has 0 aromatic rings. The number of carboxylic acids is 2. The van der Waals surface area contributed by atoms with Crippen molar-refractivity contribution in [2.24, 2.45) is 0 Å². The van der Waals surface area contributed by atoms with Gasteiger partial charge in [-0.3, -0.25) is 38.7 Å². The topological polar surface area (TPSA) is 274 Å². The highest BCUT2D eigenvalue weighted by Gasteiger charge is 2.38. The fourth-order valence-electron chi connectivity index (χ4n) is 11.9. The van der Waals surface area contributed by atoms with Crippen LogP contribution in [0, 0.1) is 0 Å². The number of carbonyl (C=O) groups excluding carboxylic acids is 3. The van der Waals surface area contributed by atoms with Crippen LogP contribution in [0.2, 0.25) is 20.5 Å². The van der Waals surface area contributed by atoms with Crippen LogP contribution in [0.15, 0.2) is 0 Å². The number of carbonyl (C=O) groups is 5. The molecule has 8 rings (SSSR count). The van der Waals surface area contributed by atoms with E-state index in [-0.39, 0.29) is 50.1 Å². The number of aliphatic hydroxyl groups is 1. The van der Waals surface area contributed by atoms with E-state index in [4.69, 9.17) is 15.2 Å². The number of rotatable bonds is 10. The molecular formula is C50H99B3N10O11. The predicted molar refractivity (Wildman–Crippen MR) is 293 cm³/mol. The Bertz CT molecular complexity index is 1600. The number of ketones is 1. The van der Waals surface area contributed by atoms with E-state index in [2.05, 4.69) is 45.6 Å². The van der Waals surface area contributed by atoms with Gasteiger partial charge in [0.1, 0.15) is 17.9 Å². The van der Waals surface area contributed by atoms with E-state index in [9.17, 15) is 39.1 Å². The zero-order valence-electron chi connectivity index (χ0n) is 46.3. The van der Waals surface area contributed by atoms with Gasteiger partial charge in [0.25, 0.3) is 0 Å². The summed E-state index contributed by atoms with van der Waals surface area (Å²) >= 11 is 0. The maximum atomic E-state index is 12.0. The van der Waals surface area contributed by atoms with Crippen molar-refractivity contribution in [3.63, 3.8) is 0 Å². The minimum absolute atomic E-state index is 0.0573. The van der Waals surface area contributed by atoms with Gasteiger partial charge in [-0.25, -0.2) is 0 Å². The zero-order valence-corrected chi connectivity index (χ0v) is 46.3. The number of nitrogens with zero attached hydrogens (tertiary/aromatic N) is 6. The van der Waals surface area contributed by atoms with Crippen LogP contribution in [0.5, 0.6) is 0 Å². The van der Waals surface area contributed by atoms with Crippen molar-refractivity contribution in [3.8, 4) is 0 Å². The van der Waals surface area contributed by atoms with Crippen molar-refractivity contribution in [1.29, 1.82) is 0 Å². The Balaban J connectivity index is 0.000000248. The quantitative estimate of drug-likeness (QED) is 0.134. The third kappa shape index (κ3) is 22.3. The van der Waals surface area contributed by atoms with Gasteiger partial charge in [0.15, 0.2) is 0 Å². The van der Waals surface area contributed by atoms with Crippen LogP contribution in [-0.2, 0) is 24.0 Å². The standard InChI is InChI=1S/C13H26BN3O2.C12H23BN2O3.C12H23N3O.C6H12BNO2.C6H11NO2.CH4O/c1-14(19)16-9-6-11(7-10-16)17-8-4-3-5-12(17)13(18)15-2;1-13(18)14-8-5-10(6-9-14)15-7-3-2-4-11(15)12(16)17;1-13-12(16)11-4-2-3-9-15(11)10-5-7-14-8-6-10;1-7(10)8-4-2-6(9)3-5-8;8-6(9)5-3-1-2-4-7-5;1-2/h11-12,19H,3-10H2,1-2H3,(H,15,18);10-11,18H,2-9H2,1H3,(H,16,17);10-11,14H,2-9H2,1H3,(H,13,16);10H,2-5H2,1H3;5,7H,1-4H2,(H,8,9);2H,1H3/t12-;2*11-;;5-;/m111.1./s1. The molecule has 4 atom stereocenters. The molecule has 8 fully saturated rings. The van der Waals surface area contributed by atoms with Crippen LogP contribution in [0.1, 0.15) is 128 Å². The van der Waals surface area contributed by atoms with Crippen molar-refractivity contribution in [1.82, 2.24) is 50.4 Å². The highest BCUT2D eigenvalue weighted by atomic mass is 16.4. The number of amides is 2. The number of Topliss-reactive ketones (excluding diaryl/α,β-unsaturated/α-hetero) is 1. The smallest absolute Gasteiger partial charge is 0.376 e. The van der Waals surface area contributed by atoms with Crippen molar-refractivity contribution in [2.45, 2.75) is 191 Å². The number of nitrogens with one attached hydrogen (secondary N) is 4. The molecule has 21 nitrogen and oxygen atoms in total. The fourth-order valence-corrected chi connectivity index (χ4v) is 11.9. The third-order valence-corrected chi connectivity index (χ3v) is 16.3. The van der Waals surface area contributed by atoms with Gasteiger partial charge in [0.05, 0.1) is 12.1 Å². The van der Waals surface area contributed by atoms with Gasteiger partial charge in [-0.2, -0.15) is 0 Å². The van der Waals surface area contributed by atoms with Gasteiger partial charge >= 0.3 is 33.1 Å². The van der Waals surface area contributed by atoms with Crippen LogP contribution in [0.25, 0.3) is 0 Å². The first-order valence-corrected chi connectivity index (χ1v) is 28.4. The summed E-state index contributed by atoms with van der Waals surface area (Å²) in [5.74, 6) is -0.699. The van der Waals surface area contributed by atoms with E-state index in [1.165, 1.54) is 32.1 Å². The second kappa shape index (κ2) is 36.4. The van der Waals surface area contributed by atoms with Crippen LogP contribution < -0.4 is 21.3 Å². The van der Waals surface area contributed by atoms with E-state index < -0.39 is 19.0 Å². The van der Waals surface area contributed by atoms with E-state index in [1.54, 1.807) is 27.7 Å². The summed E-state index contributed by atoms with van der Waals surface area (Å²) in [6.45, 7) is 16.5. The summed E-state index contributed by atoms with van der Waals surface area (Å²) in [5.41, 5.74) is 0. The lowest BCUT2D eigenvalue weighted by Crippen LogP contribution is -2.56. The predicted octanol–water partition coefficient (Wildman–Crippen LogP) is 0.584. The SMILES string of the molecule is CB(O)N1CCC(=O)CC1.CB(O)N1CCC(N2CCCC[C@@H]2C(=O)O)CC1.CNC(=O)[C@H]1CCCCN1C1CCN(B(C)O)CC1.CNC(=O)[C@H]1CCCCN1C1CCNCC1.CO.O=C(O)[C@H]1CCCCN1. The molecule has 8 aliphatic rings. The molecule has 24 heteroatoms. The average Bonchev–Trinajstić information content (AvgIpc) is 3.44. The summed E-state index contributed by atoms with van der Waals surface area (Å²) in [7, 11) is 3.34. The van der Waals surface area contributed by atoms with E-state index in [0.717, 1.165) is 169 Å². The minimum Gasteiger partial charge on any atom is -0.480 e. The molecular weight excluding hydrogens is 949 g/mol. The van der Waals surface area contributed by atoms with Crippen molar-refractivity contribution in [3.05, 3.63) is 0 Å². The lowest BCUT2D eigenvalue weighted by molar-refractivity contribution is -0.146. The highest BCUT2D eigenvalue weighted by Crippen LogP contribution is 2.28. The Morgan fingerprint density at radius 3 is 1.18 bits per heavy atom. The molecule has 0 radical (unpaired) electrons. The Kier molecular flexibility index (Phi) is 32.2. The van der Waals surface area contributed by atoms with E-state index in [0.29, 0.717) is 36.8 Å². The largest absolute Gasteiger partial charge is 0.480 e. The molecule has 8 aliphatic heterocycles. The van der Waals surface area contributed by atoms with Gasteiger partial charge in [-0.1, -0.05) is 25.7 Å². The molecule has 8 heterocycles. The summed E-state index contributed by atoms with van der Waals surface area (Å²) in [6, 6.07) is 1.10. The van der Waals surface area contributed by atoms with Gasteiger partial charge < -0.3 is 66.1 Å². The molecule has 0 unspecified atom stereocenters. The fraction of sp³-hybridized carbons (Fsp3) is 0.900. The number of piperidine rings is 8. The summed E-state index contributed by atoms with van der Waals surface area (Å²) in [4.78, 5) is 69.2. The maximum absolute atomic E-state index is 12.0. The molecule has 0 aromatic carbocycles. The Hall–Kier alpha value is -2.74. The van der Waals surface area contributed by atoms with E-state index >= 15 is 0 Å². The van der Waals surface area contributed by atoms with Crippen molar-refractivity contribution < 1.29 is 54.4 Å². The molecule has 74 heavy (non-hydrogen) atoms. The van der Waals surface area contributed by atoms with Crippen LogP contribution in [0.4, 0.5) is 0 Å². The molecule has 0 aliphatic carbocycles. The lowest BCUT2D eigenvalue weighted by Gasteiger charge is -2.44. The molecule has 0 aromatic heterocycles. The lowest BCUT2D eigenvalue weighted by atomic mass is 9.81. The molecule has 0 bridgehead atoms. The van der Waals surface area contributed by atoms with Gasteiger partial charge in [-0.05, 0) is 189 Å². The number of aliphatic hydroxyl groups excluding tert-OH is 1.